The third kappa shape index (κ3) is 8.72. The number of ether oxygens (including phenoxy) is 1. The van der Waals surface area contributed by atoms with Gasteiger partial charge in [-0.15, -0.1) is 0 Å². The lowest BCUT2D eigenvalue weighted by Gasteiger charge is -2.25. The summed E-state index contributed by atoms with van der Waals surface area (Å²) >= 11 is 0. The van der Waals surface area contributed by atoms with Crippen LogP contribution in [-0.4, -0.2) is 36.0 Å². The highest BCUT2D eigenvalue weighted by Crippen LogP contribution is 2.28. The molecular weight excluding hydrogens is 392 g/mol. The molecule has 0 aliphatic heterocycles. The summed E-state index contributed by atoms with van der Waals surface area (Å²) in [5.41, 5.74) is 0.926. The van der Waals surface area contributed by atoms with Gasteiger partial charge in [0.15, 0.2) is 0 Å². The van der Waals surface area contributed by atoms with E-state index in [9.17, 15) is 14.4 Å². The van der Waals surface area contributed by atoms with Crippen LogP contribution in [0.4, 0.5) is 0 Å². The van der Waals surface area contributed by atoms with Gasteiger partial charge in [-0.3, -0.25) is 9.59 Å². The fourth-order valence-corrected chi connectivity index (χ4v) is 4.03. The molecular formula is C25H38N2O4. The molecule has 2 N–H and O–H groups in total. The molecule has 31 heavy (non-hydrogen) atoms. The number of amides is 2. The zero-order valence-corrected chi connectivity index (χ0v) is 19.4. The van der Waals surface area contributed by atoms with E-state index < -0.39 is 18.1 Å². The van der Waals surface area contributed by atoms with Crippen molar-refractivity contribution in [3.63, 3.8) is 0 Å². The summed E-state index contributed by atoms with van der Waals surface area (Å²) in [6.07, 6.45) is 6.25. The summed E-state index contributed by atoms with van der Waals surface area (Å²) in [7, 11) is 0. The Morgan fingerprint density at radius 1 is 1.00 bits per heavy atom. The predicted molar refractivity (Wildman–Crippen MR) is 121 cm³/mol. The lowest BCUT2D eigenvalue weighted by Crippen LogP contribution is -2.54. The van der Waals surface area contributed by atoms with E-state index in [1.807, 2.05) is 44.2 Å². The summed E-state index contributed by atoms with van der Waals surface area (Å²) in [4.78, 5) is 38.2. The van der Waals surface area contributed by atoms with E-state index in [2.05, 4.69) is 10.6 Å². The highest BCUT2D eigenvalue weighted by molar-refractivity contribution is 5.91. The van der Waals surface area contributed by atoms with Gasteiger partial charge >= 0.3 is 5.97 Å². The summed E-state index contributed by atoms with van der Waals surface area (Å²) in [5.74, 6) is -0.412. The molecule has 6 nitrogen and oxygen atoms in total. The van der Waals surface area contributed by atoms with Crippen LogP contribution in [0.2, 0.25) is 0 Å². The van der Waals surface area contributed by atoms with Gasteiger partial charge in [0.25, 0.3) is 0 Å². The maximum atomic E-state index is 13.0. The standard InChI is InChI=1S/C25H38N2O4/c1-17(2)23(27-22(28)15-14-19-10-8-9-11-19)24(29)26-21(25(30)31-18(3)4)16-20-12-6-5-7-13-20/h5-7,12-13,17-19,21,23H,8-11,14-16H2,1-4H3,(H,26,29)(H,27,28)/t21-,23+/m0/s1. The summed E-state index contributed by atoms with van der Waals surface area (Å²) < 4.78 is 5.36. The van der Waals surface area contributed by atoms with Crippen LogP contribution in [0, 0.1) is 11.8 Å². The fraction of sp³-hybridized carbons (Fsp3) is 0.640. The first-order valence-electron chi connectivity index (χ1n) is 11.6. The third-order valence-electron chi connectivity index (χ3n) is 5.76. The molecule has 2 atom stereocenters. The number of carbonyl (C=O) groups excluding carboxylic acids is 3. The van der Waals surface area contributed by atoms with E-state index in [0.29, 0.717) is 18.8 Å². The van der Waals surface area contributed by atoms with Crippen molar-refractivity contribution in [2.75, 3.05) is 0 Å². The van der Waals surface area contributed by atoms with Gasteiger partial charge in [-0.1, -0.05) is 69.9 Å². The van der Waals surface area contributed by atoms with E-state index in [1.165, 1.54) is 25.7 Å². The summed E-state index contributed by atoms with van der Waals surface area (Å²) in [6, 6.07) is 8.00. The first kappa shape index (κ1) is 24.9. The molecule has 172 valence electrons. The Hall–Kier alpha value is -2.37. The monoisotopic (exact) mass is 430 g/mol. The Bertz CT molecular complexity index is 711. The van der Waals surface area contributed by atoms with Gasteiger partial charge < -0.3 is 15.4 Å². The number of rotatable bonds is 11. The van der Waals surface area contributed by atoms with Crippen molar-refractivity contribution in [3.05, 3.63) is 35.9 Å². The van der Waals surface area contributed by atoms with Crippen LogP contribution >= 0.6 is 0 Å². The molecule has 1 fully saturated rings. The van der Waals surface area contributed by atoms with Gasteiger partial charge in [0.05, 0.1) is 6.10 Å². The second-order valence-corrected chi connectivity index (χ2v) is 9.21. The average molecular weight is 431 g/mol. The highest BCUT2D eigenvalue weighted by Gasteiger charge is 2.30. The Balaban J connectivity index is 2.00. The van der Waals surface area contributed by atoms with E-state index in [4.69, 9.17) is 4.74 Å². The average Bonchev–Trinajstić information content (AvgIpc) is 3.23. The number of benzene rings is 1. The number of nitrogens with one attached hydrogen (secondary N) is 2. The number of carbonyl (C=O) groups is 3. The van der Waals surface area contributed by atoms with Gasteiger partial charge in [0.1, 0.15) is 12.1 Å². The SMILES string of the molecule is CC(C)OC(=O)[C@H](Cc1ccccc1)NC(=O)[C@H](NC(=O)CCC1CCCC1)C(C)C. The molecule has 1 aromatic rings. The minimum atomic E-state index is -0.811. The third-order valence-corrected chi connectivity index (χ3v) is 5.76. The Morgan fingerprint density at radius 3 is 2.23 bits per heavy atom. The first-order chi connectivity index (χ1) is 14.8. The molecule has 1 aliphatic rings. The minimum absolute atomic E-state index is 0.103. The lowest BCUT2D eigenvalue weighted by atomic mass is 9.99. The second kappa shape index (κ2) is 12.5. The molecule has 0 aromatic heterocycles. The molecule has 2 amide bonds. The largest absolute Gasteiger partial charge is 0.461 e. The predicted octanol–water partition coefficient (Wildman–Crippen LogP) is 3.78. The van der Waals surface area contributed by atoms with Gasteiger partial charge in [0.2, 0.25) is 11.8 Å². The topological polar surface area (TPSA) is 84.5 Å². The summed E-state index contributed by atoms with van der Waals surface area (Å²) in [5, 5.41) is 5.71. The van der Waals surface area contributed by atoms with Crippen LogP contribution in [0.25, 0.3) is 0 Å². The molecule has 2 rings (SSSR count). The minimum Gasteiger partial charge on any atom is -0.461 e. The maximum absolute atomic E-state index is 13.0. The van der Waals surface area contributed by atoms with Crippen LogP contribution in [0.3, 0.4) is 0 Å². The molecule has 1 aromatic carbocycles. The van der Waals surface area contributed by atoms with Crippen molar-refractivity contribution in [1.82, 2.24) is 10.6 Å². The molecule has 1 saturated carbocycles. The molecule has 0 saturated heterocycles. The van der Waals surface area contributed by atoms with Crippen LogP contribution in [0.15, 0.2) is 30.3 Å². The first-order valence-corrected chi connectivity index (χ1v) is 11.6. The van der Waals surface area contributed by atoms with Crippen molar-refractivity contribution in [1.29, 1.82) is 0 Å². The molecule has 0 unspecified atom stereocenters. The zero-order chi connectivity index (χ0) is 22.8. The van der Waals surface area contributed by atoms with Crippen molar-refractivity contribution < 1.29 is 19.1 Å². The number of esters is 1. The quantitative estimate of drug-likeness (QED) is 0.523. The Labute approximate surface area is 186 Å². The van der Waals surface area contributed by atoms with Crippen molar-refractivity contribution in [2.24, 2.45) is 11.8 Å². The van der Waals surface area contributed by atoms with Crippen molar-refractivity contribution in [2.45, 2.75) is 90.8 Å². The zero-order valence-electron chi connectivity index (χ0n) is 19.4. The van der Waals surface area contributed by atoms with Gasteiger partial charge in [0, 0.05) is 12.8 Å². The molecule has 1 aliphatic carbocycles. The van der Waals surface area contributed by atoms with Gasteiger partial charge in [-0.05, 0) is 37.7 Å². The van der Waals surface area contributed by atoms with Crippen LogP contribution < -0.4 is 10.6 Å². The smallest absolute Gasteiger partial charge is 0.329 e. The Kier molecular flexibility index (Phi) is 10.0. The Morgan fingerprint density at radius 2 is 1.65 bits per heavy atom. The van der Waals surface area contributed by atoms with Gasteiger partial charge in [-0.25, -0.2) is 4.79 Å². The van der Waals surface area contributed by atoms with E-state index in [-0.39, 0.29) is 23.8 Å². The lowest BCUT2D eigenvalue weighted by molar-refractivity contribution is -0.151. The molecule has 0 spiro atoms. The molecule has 6 heteroatoms. The molecule has 0 bridgehead atoms. The fourth-order valence-electron chi connectivity index (χ4n) is 4.03. The molecule has 0 radical (unpaired) electrons. The van der Waals surface area contributed by atoms with Crippen LogP contribution in [0.1, 0.15) is 71.8 Å². The van der Waals surface area contributed by atoms with Crippen LogP contribution in [-0.2, 0) is 25.5 Å². The second-order valence-electron chi connectivity index (χ2n) is 9.21. The highest BCUT2D eigenvalue weighted by atomic mass is 16.5. The van der Waals surface area contributed by atoms with Gasteiger partial charge in [-0.2, -0.15) is 0 Å². The maximum Gasteiger partial charge on any atom is 0.329 e. The number of hydrogen-bond acceptors (Lipinski definition) is 4. The van der Waals surface area contributed by atoms with Crippen molar-refractivity contribution >= 4 is 17.8 Å². The van der Waals surface area contributed by atoms with E-state index >= 15 is 0 Å². The summed E-state index contributed by atoms with van der Waals surface area (Å²) in [6.45, 7) is 7.34. The van der Waals surface area contributed by atoms with Crippen molar-refractivity contribution in [3.8, 4) is 0 Å². The molecule has 0 heterocycles. The van der Waals surface area contributed by atoms with E-state index in [1.54, 1.807) is 13.8 Å². The number of hydrogen-bond donors (Lipinski definition) is 2. The van der Waals surface area contributed by atoms with E-state index in [0.717, 1.165) is 12.0 Å². The van der Waals surface area contributed by atoms with Crippen LogP contribution in [0.5, 0.6) is 0 Å². The normalized spacial score (nSPS) is 16.2.